The highest BCUT2D eigenvalue weighted by Gasteiger charge is 2.56. The van der Waals surface area contributed by atoms with Gasteiger partial charge in [-0.2, -0.15) is 0 Å². The molecule has 0 radical (unpaired) electrons. The SMILES string of the molecule is CCN(Cc1ccc2nc(C)[nH]c(=O)c2c1)N(C(=O)CC[C@H](N)C(=O)O)[C@](CCC(=O)O)(C(=O)O)C(=O)c1ccccc1F. The van der Waals surface area contributed by atoms with Gasteiger partial charge in [0.25, 0.3) is 5.56 Å². The van der Waals surface area contributed by atoms with Gasteiger partial charge in [0.2, 0.25) is 17.2 Å². The van der Waals surface area contributed by atoms with Crippen LogP contribution in [0.2, 0.25) is 0 Å². The number of carboxylic acids is 3. The smallest absolute Gasteiger partial charge is 0.339 e. The molecule has 1 aromatic heterocycles. The lowest BCUT2D eigenvalue weighted by molar-refractivity contribution is -0.180. The van der Waals surface area contributed by atoms with Gasteiger partial charge < -0.3 is 26.0 Å². The fourth-order valence-corrected chi connectivity index (χ4v) is 4.82. The van der Waals surface area contributed by atoms with Crippen LogP contribution in [0.4, 0.5) is 4.39 Å². The number of fused-ring (bicyclic) bond motifs is 1. The number of aromatic nitrogens is 2. The van der Waals surface area contributed by atoms with Gasteiger partial charge in [0, 0.05) is 32.4 Å². The van der Waals surface area contributed by atoms with E-state index in [1.807, 2.05) is 0 Å². The topological polar surface area (TPSA) is 224 Å². The van der Waals surface area contributed by atoms with Crippen LogP contribution in [0.3, 0.4) is 0 Å². The molecule has 0 saturated heterocycles. The molecule has 1 heterocycles. The molecular formula is C29H32FN5O9. The number of carboxylic acid groups (broad SMARTS) is 3. The predicted octanol–water partition coefficient (Wildman–Crippen LogP) is 1.70. The van der Waals surface area contributed by atoms with Crippen molar-refractivity contribution < 1.29 is 43.7 Å². The van der Waals surface area contributed by atoms with Crippen molar-refractivity contribution in [2.24, 2.45) is 5.73 Å². The lowest BCUT2D eigenvalue weighted by Crippen LogP contribution is -2.67. The van der Waals surface area contributed by atoms with Crippen molar-refractivity contribution in [3.63, 3.8) is 0 Å². The van der Waals surface area contributed by atoms with E-state index in [0.717, 1.165) is 17.1 Å². The average Bonchev–Trinajstić information content (AvgIpc) is 2.96. The van der Waals surface area contributed by atoms with E-state index in [1.54, 1.807) is 13.0 Å². The normalized spacial score (nSPS) is 13.3. The third-order valence-corrected chi connectivity index (χ3v) is 7.03. The first-order valence-corrected chi connectivity index (χ1v) is 13.5. The molecule has 0 bridgehead atoms. The van der Waals surface area contributed by atoms with Crippen molar-refractivity contribution in [3.05, 3.63) is 75.6 Å². The summed E-state index contributed by atoms with van der Waals surface area (Å²) in [6, 6.07) is 7.52. The molecule has 44 heavy (non-hydrogen) atoms. The van der Waals surface area contributed by atoms with Crippen LogP contribution in [0.1, 0.15) is 54.4 Å². The van der Waals surface area contributed by atoms with Crippen LogP contribution in [0.25, 0.3) is 10.9 Å². The molecule has 0 unspecified atom stereocenters. The first kappa shape index (κ1) is 33.5. The Morgan fingerprint density at radius 3 is 2.34 bits per heavy atom. The van der Waals surface area contributed by atoms with Gasteiger partial charge in [-0.15, -0.1) is 0 Å². The second kappa shape index (κ2) is 14.0. The Hall–Kier alpha value is -5.02. The standard InChI is InChI=1S/C29H32FN5O9/c1-3-34(15-17-8-10-22-19(14-17)26(40)33-16(2)32-22)35(23(36)11-9-21(31)27(41)42)29(28(43)44,13-12-24(37)38)25(39)18-6-4-5-7-20(18)30/h4-8,10,14,21H,3,9,11-13,15,31H2,1-2H3,(H,37,38)(H,41,42)(H,43,44)(H,32,33,40)/t21-,29-/m0/s1. The first-order chi connectivity index (χ1) is 20.7. The summed E-state index contributed by atoms with van der Waals surface area (Å²) in [6.07, 6.45) is -2.98. The van der Waals surface area contributed by atoms with Crippen LogP contribution < -0.4 is 11.3 Å². The van der Waals surface area contributed by atoms with Gasteiger partial charge >= 0.3 is 17.9 Å². The van der Waals surface area contributed by atoms with Crippen molar-refractivity contribution in [1.29, 1.82) is 0 Å². The number of nitrogens with one attached hydrogen (secondary N) is 1. The van der Waals surface area contributed by atoms with Crippen molar-refractivity contribution in [2.75, 3.05) is 6.54 Å². The Morgan fingerprint density at radius 2 is 1.75 bits per heavy atom. The van der Waals surface area contributed by atoms with Crippen LogP contribution in [0.5, 0.6) is 0 Å². The lowest BCUT2D eigenvalue weighted by Gasteiger charge is -2.45. The maximum atomic E-state index is 14.9. The number of aromatic amines is 1. The molecule has 2 atom stereocenters. The van der Waals surface area contributed by atoms with Crippen LogP contribution >= 0.6 is 0 Å². The number of hydrazine groups is 1. The number of rotatable bonds is 15. The quantitative estimate of drug-likeness (QED) is 0.0938. The molecule has 1 amide bonds. The highest BCUT2D eigenvalue weighted by molar-refractivity contribution is 6.18. The third-order valence-electron chi connectivity index (χ3n) is 7.03. The van der Waals surface area contributed by atoms with Crippen LogP contribution in [0, 0.1) is 12.7 Å². The Kier molecular flexibility index (Phi) is 10.6. The molecule has 14 nitrogen and oxygen atoms in total. The maximum Gasteiger partial charge on any atom is 0.339 e. The largest absolute Gasteiger partial charge is 0.481 e. The zero-order valence-corrected chi connectivity index (χ0v) is 23.9. The molecule has 0 fully saturated rings. The summed E-state index contributed by atoms with van der Waals surface area (Å²) in [5, 5.41) is 31.2. The van der Waals surface area contributed by atoms with E-state index in [-0.39, 0.29) is 18.5 Å². The van der Waals surface area contributed by atoms with Crippen LogP contribution in [-0.2, 0) is 25.7 Å². The number of ketones is 1. The molecule has 3 rings (SSSR count). The molecule has 6 N–H and O–H groups in total. The molecule has 3 aromatic rings. The van der Waals surface area contributed by atoms with Crippen molar-refractivity contribution in [3.8, 4) is 0 Å². The van der Waals surface area contributed by atoms with E-state index in [1.165, 1.54) is 31.2 Å². The summed E-state index contributed by atoms with van der Waals surface area (Å²) in [7, 11) is 0. The number of amides is 1. The lowest BCUT2D eigenvalue weighted by atomic mass is 9.83. The average molecular weight is 614 g/mol. The number of nitrogens with zero attached hydrogens (tertiary/aromatic N) is 3. The number of Topliss-reactive ketones (excluding diaryl/α,β-unsaturated/α-hetero) is 1. The number of carbonyl (C=O) groups excluding carboxylic acids is 2. The van der Waals surface area contributed by atoms with Crippen molar-refractivity contribution in [1.82, 2.24) is 20.0 Å². The van der Waals surface area contributed by atoms with Crippen molar-refractivity contribution in [2.45, 2.75) is 57.7 Å². The maximum absolute atomic E-state index is 14.9. The van der Waals surface area contributed by atoms with E-state index in [4.69, 9.17) is 5.73 Å². The van der Waals surface area contributed by atoms with Gasteiger partial charge in [-0.05, 0) is 43.2 Å². The second-order valence-corrected chi connectivity index (χ2v) is 10.0. The summed E-state index contributed by atoms with van der Waals surface area (Å²) >= 11 is 0. The minimum atomic E-state index is -2.98. The Morgan fingerprint density at radius 1 is 1.07 bits per heavy atom. The molecule has 2 aromatic carbocycles. The summed E-state index contributed by atoms with van der Waals surface area (Å²) in [6.45, 7) is 2.72. The van der Waals surface area contributed by atoms with E-state index >= 15 is 0 Å². The van der Waals surface area contributed by atoms with Gasteiger partial charge in [0.05, 0.1) is 16.5 Å². The third kappa shape index (κ3) is 7.12. The minimum absolute atomic E-state index is 0.135. The number of halogens is 1. The summed E-state index contributed by atoms with van der Waals surface area (Å²) in [4.78, 5) is 83.5. The molecule has 0 aliphatic rings. The number of aliphatic carboxylic acids is 3. The number of aryl methyl sites for hydroxylation is 1. The van der Waals surface area contributed by atoms with E-state index < -0.39 is 83.8 Å². The van der Waals surface area contributed by atoms with Crippen LogP contribution in [0.15, 0.2) is 47.3 Å². The van der Waals surface area contributed by atoms with Gasteiger partial charge in [0.15, 0.2) is 0 Å². The summed E-state index contributed by atoms with van der Waals surface area (Å²) < 4.78 is 14.9. The summed E-state index contributed by atoms with van der Waals surface area (Å²) in [5.74, 6) is -8.05. The molecule has 0 aliphatic heterocycles. The highest BCUT2D eigenvalue weighted by atomic mass is 19.1. The molecule has 0 saturated carbocycles. The first-order valence-electron chi connectivity index (χ1n) is 13.5. The predicted molar refractivity (Wildman–Crippen MR) is 153 cm³/mol. The van der Waals surface area contributed by atoms with Gasteiger partial charge in [-0.25, -0.2) is 24.2 Å². The number of nitrogens with two attached hydrogens (primary N) is 1. The van der Waals surface area contributed by atoms with Gasteiger partial charge in [0.1, 0.15) is 17.7 Å². The fraction of sp³-hybridized carbons (Fsp3) is 0.345. The molecular weight excluding hydrogens is 581 g/mol. The molecule has 0 aliphatic carbocycles. The van der Waals surface area contributed by atoms with Crippen molar-refractivity contribution >= 4 is 40.5 Å². The van der Waals surface area contributed by atoms with E-state index in [9.17, 15) is 48.5 Å². The van der Waals surface area contributed by atoms with Gasteiger partial charge in [-0.3, -0.25) is 24.0 Å². The van der Waals surface area contributed by atoms with E-state index in [0.29, 0.717) is 21.9 Å². The number of carbonyl (C=O) groups is 5. The summed E-state index contributed by atoms with van der Waals surface area (Å²) in [5.41, 5.74) is 2.19. The number of hydrogen-bond acceptors (Lipinski definition) is 9. The van der Waals surface area contributed by atoms with Gasteiger partial charge in [-0.1, -0.05) is 25.1 Å². The monoisotopic (exact) mass is 613 g/mol. The Balaban J connectivity index is 2.24. The highest BCUT2D eigenvalue weighted by Crippen LogP contribution is 2.32. The van der Waals surface area contributed by atoms with E-state index in [2.05, 4.69) is 9.97 Å². The second-order valence-electron chi connectivity index (χ2n) is 10.0. The Labute approximate surface area is 249 Å². The Bertz CT molecular complexity index is 1660. The zero-order chi connectivity index (χ0) is 32.8. The number of hydrogen-bond donors (Lipinski definition) is 5. The number of benzene rings is 2. The molecule has 0 spiro atoms. The molecule has 15 heteroatoms. The molecule has 234 valence electrons. The number of H-pyrrole nitrogens is 1. The minimum Gasteiger partial charge on any atom is -0.481 e. The van der Waals surface area contributed by atoms with Crippen LogP contribution in [-0.4, -0.2) is 83.0 Å². The fourth-order valence-electron chi connectivity index (χ4n) is 4.82. The zero-order valence-electron chi connectivity index (χ0n) is 23.9.